The molecule has 34 heavy (non-hydrogen) atoms. The summed E-state index contributed by atoms with van der Waals surface area (Å²) in [6.07, 6.45) is 0. The van der Waals surface area contributed by atoms with Gasteiger partial charge in [-0.1, -0.05) is 41.4 Å². The number of hydrogen-bond donors (Lipinski definition) is 1. The van der Waals surface area contributed by atoms with E-state index in [0.717, 1.165) is 16.4 Å². The van der Waals surface area contributed by atoms with Crippen LogP contribution in [0.25, 0.3) is 0 Å². The van der Waals surface area contributed by atoms with Crippen LogP contribution < -0.4 is 9.62 Å². The number of halogens is 3. The SMILES string of the molecule is CCOC(=O)c1ccc(NC(=O)CN(c2ccc(F)c(Cl)c2)S(=O)(=O)c2ccccc2)c(Cl)c1. The predicted molar refractivity (Wildman–Crippen MR) is 128 cm³/mol. The highest BCUT2D eigenvalue weighted by molar-refractivity contribution is 7.92. The highest BCUT2D eigenvalue weighted by atomic mass is 35.5. The van der Waals surface area contributed by atoms with Crippen molar-refractivity contribution in [2.24, 2.45) is 0 Å². The average Bonchev–Trinajstić information content (AvgIpc) is 2.81. The number of hydrogen-bond acceptors (Lipinski definition) is 5. The first kappa shape index (κ1) is 25.5. The lowest BCUT2D eigenvalue weighted by molar-refractivity contribution is -0.114. The maximum Gasteiger partial charge on any atom is 0.338 e. The summed E-state index contributed by atoms with van der Waals surface area (Å²) in [5.74, 6) is -2.04. The molecule has 1 amide bonds. The fourth-order valence-electron chi connectivity index (χ4n) is 2.95. The molecule has 0 aromatic heterocycles. The molecule has 0 heterocycles. The van der Waals surface area contributed by atoms with E-state index in [2.05, 4.69) is 5.32 Å². The fourth-order valence-corrected chi connectivity index (χ4v) is 4.79. The molecule has 0 fully saturated rings. The Morgan fingerprint density at radius 1 is 1.00 bits per heavy atom. The van der Waals surface area contributed by atoms with Crippen LogP contribution in [0.3, 0.4) is 0 Å². The predicted octanol–water partition coefficient (Wildman–Crippen LogP) is 5.14. The van der Waals surface area contributed by atoms with Gasteiger partial charge in [-0.05, 0) is 55.5 Å². The van der Waals surface area contributed by atoms with Crippen LogP contribution in [-0.4, -0.2) is 33.4 Å². The fraction of sp³-hybridized carbons (Fsp3) is 0.130. The molecule has 0 aliphatic carbocycles. The van der Waals surface area contributed by atoms with Crippen LogP contribution in [0.15, 0.2) is 71.6 Å². The van der Waals surface area contributed by atoms with Gasteiger partial charge in [-0.15, -0.1) is 0 Å². The lowest BCUT2D eigenvalue weighted by atomic mass is 10.2. The number of nitrogens with zero attached hydrogens (tertiary/aromatic N) is 1. The first-order chi connectivity index (χ1) is 16.1. The van der Waals surface area contributed by atoms with E-state index < -0.39 is 34.3 Å². The van der Waals surface area contributed by atoms with E-state index in [1.165, 1.54) is 48.5 Å². The van der Waals surface area contributed by atoms with Crippen molar-refractivity contribution in [1.82, 2.24) is 0 Å². The highest BCUT2D eigenvalue weighted by Gasteiger charge is 2.28. The van der Waals surface area contributed by atoms with Gasteiger partial charge in [0.25, 0.3) is 10.0 Å². The number of anilines is 2. The molecule has 0 atom stereocenters. The second-order valence-electron chi connectivity index (χ2n) is 6.89. The molecule has 0 unspecified atom stereocenters. The van der Waals surface area contributed by atoms with Crippen LogP contribution in [0.4, 0.5) is 15.8 Å². The second kappa shape index (κ2) is 10.9. The van der Waals surface area contributed by atoms with Crippen molar-refractivity contribution in [3.8, 4) is 0 Å². The Balaban J connectivity index is 1.90. The van der Waals surface area contributed by atoms with Gasteiger partial charge < -0.3 is 10.1 Å². The molecule has 11 heteroatoms. The molecule has 7 nitrogen and oxygen atoms in total. The Labute approximate surface area is 206 Å². The number of ether oxygens (including phenoxy) is 1. The van der Waals surface area contributed by atoms with Crippen LogP contribution in [-0.2, 0) is 19.6 Å². The van der Waals surface area contributed by atoms with Crippen molar-refractivity contribution in [1.29, 1.82) is 0 Å². The quantitative estimate of drug-likeness (QED) is 0.411. The summed E-state index contributed by atoms with van der Waals surface area (Å²) in [7, 11) is -4.21. The molecule has 3 aromatic rings. The molecule has 0 saturated carbocycles. The van der Waals surface area contributed by atoms with Crippen LogP contribution in [0.1, 0.15) is 17.3 Å². The monoisotopic (exact) mass is 524 g/mol. The van der Waals surface area contributed by atoms with Crippen LogP contribution in [0.5, 0.6) is 0 Å². The minimum Gasteiger partial charge on any atom is -0.462 e. The maximum atomic E-state index is 13.7. The summed E-state index contributed by atoms with van der Waals surface area (Å²) in [5, 5.41) is 2.28. The molecule has 0 aliphatic rings. The summed E-state index contributed by atoms with van der Waals surface area (Å²) in [6.45, 7) is 1.20. The van der Waals surface area contributed by atoms with E-state index in [-0.39, 0.29) is 38.5 Å². The Morgan fingerprint density at radius 2 is 1.71 bits per heavy atom. The van der Waals surface area contributed by atoms with Gasteiger partial charge in [0.2, 0.25) is 5.91 Å². The zero-order valence-electron chi connectivity index (χ0n) is 17.8. The number of rotatable bonds is 8. The second-order valence-corrected chi connectivity index (χ2v) is 9.56. The first-order valence-corrected chi connectivity index (χ1v) is 12.1. The zero-order valence-corrected chi connectivity index (χ0v) is 20.1. The van der Waals surface area contributed by atoms with E-state index in [0.29, 0.717) is 0 Å². The average molecular weight is 525 g/mol. The standard InChI is InChI=1S/C23H19Cl2FN2O5S/c1-2-33-23(30)15-8-11-21(19(25)12-15)27-22(29)14-28(16-9-10-20(26)18(24)13-16)34(31,32)17-6-4-3-5-7-17/h3-13H,2,14H2,1H3,(H,27,29). The summed E-state index contributed by atoms with van der Waals surface area (Å²) >= 11 is 12.0. The Kier molecular flexibility index (Phi) is 8.14. The van der Waals surface area contributed by atoms with Crippen LogP contribution in [0, 0.1) is 5.82 Å². The van der Waals surface area contributed by atoms with Gasteiger partial charge in [0.1, 0.15) is 12.4 Å². The molecule has 0 bridgehead atoms. The molecule has 3 rings (SSSR count). The van der Waals surface area contributed by atoms with Gasteiger partial charge in [0, 0.05) is 0 Å². The number of benzene rings is 3. The Bertz CT molecular complexity index is 1320. The van der Waals surface area contributed by atoms with Crippen molar-refractivity contribution in [3.63, 3.8) is 0 Å². The smallest absolute Gasteiger partial charge is 0.338 e. The maximum absolute atomic E-state index is 13.7. The summed E-state index contributed by atoms with van der Waals surface area (Å²) in [4.78, 5) is 24.6. The van der Waals surface area contributed by atoms with Crippen molar-refractivity contribution in [2.45, 2.75) is 11.8 Å². The number of esters is 1. The molecule has 0 spiro atoms. The van der Waals surface area contributed by atoms with Crippen molar-refractivity contribution in [3.05, 3.63) is 88.2 Å². The van der Waals surface area contributed by atoms with E-state index in [9.17, 15) is 22.4 Å². The lowest BCUT2D eigenvalue weighted by Crippen LogP contribution is -2.38. The third kappa shape index (κ3) is 5.85. The van der Waals surface area contributed by atoms with Crippen molar-refractivity contribution >= 4 is 56.5 Å². The van der Waals surface area contributed by atoms with E-state index in [1.54, 1.807) is 13.0 Å². The third-order valence-electron chi connectivity index (χ3n) is 4.56. The zero-order chi connectivity index (χ0) is 24.9. The molecule has 0 saturated heterocycles. The molecular weight excluding hydrogens is 506 g/mol. The van der Waals surface area contributed by atoms with E-state index in [4.69, 9.17) is 27.9 Å². The topological polar surface area (TPSA) is 92.8 Å². The third-order valence-corrected chi connectivity index (χ3v) is 6.95. The summed E-state index contributed by atoms with van der Waals surface area (Å²) in [6, 6.07) is 14.9. The largest absolute Gasteiger partial charge is 0.462 e. The summed E-state index contributed by atoms with van der Waals surface area (Å²) in [5.41, 5.74) is 0.349. The lowest BCUT2D eigenvalue weighted by Gasteiger charge is -2.24. The Morgan fingerprint density at radius 3 is 2.32 bits per heavy atom. The number of carbonyl (C=O) groups is 2. The summed E-state index contributed by atoms with van der Waals surface area (Å²) < 4.78 is 46.0. The number of amides is 1. The highest BCUT2D eigenvalue weighted by Crippen LogP contribution is 2.28. The number of sulfonamides is 1. The first-order valence-electron chi connectivity index (χ1n) is 9.93. The van der Waals surface area contributed by atoms with E-state index >= 15 is 0 Å². The van der Waals surface area contributed by atoms with Crippen LogP contribution in [0.2, 0.25) is 10.0 Å². The normalized spacial score (nSPS) is 11.1. The van der Waals surface area contributed by atoms with Gasteiger partial charge in [-0.3, -0.25) is 9.10 Å². The van der Waals surface area contributed by atoms with Crippen molar-refractivity contribution in [2.75, 3.05) is 22.8 Å². The number of carbonyl (C=O) groups excluding carboxylic acids is 2. The van der Waals surface area contributed by atoms with Gasteiger partial charge in [-0.25, -0.2) is 17.6 Å². The molecule has 3 aromatic carbocycles. The molecular formula is C23H19Cl2FN2O5S. The van der Waals surface area contributed by atoms with Gasteiger partial charge >= 0.3 is 5.97 Å². The molecule has 178 valence electrons. The van der Waals surface area contributed by atoms with Gasteiger partial charge in [-0.2, -0.15) is 0 Å². The minimum atomic E-state index is -4.21. The molecule has 0 radical (unpaired) electrons. The van der Waals surface area contributed by atoms with E-state index in [1.807, 2.05) is 0 Å². The Hall–Kier alpha value is -3.14. The van der Waals surface area contributed by atoms with Crippen molar-refractivity contribution < 1.29 is 27.1 Å². The number of nitrogens with one attached hydrogen (secondary N) is 1. The van der Waals surface area contributed by atoms with Gasteiger partial charge in [0.05, 0.1) is 38.5 Å². The van der Waals surface area contributed by atoms with Gasteiger partial charge in [0.15, 0.2) is 0 Å². The minimum absolute atomic E-state index is 0.00541. The molecule has 1 N–H and O–H groups in total. The van der Waals surface area contributed by atoms with Crippen LogP contribution >= 0.6 is 23.2 Å². The molecule has 0 aliphatic heterocycles.